The highest BCUT2D eigenvalue weighted by molar-refractivity contribution is 5.99. The summed E-state index contributed by atoms with van der Waals surface area (Å²) in [5, 5.41) is 5.48. The third-order valence-electron chi connectivity index (χ3n) is 3.35. The Bertz CT molecular complexity index is 576. The Morgan fingerprint density at radius 1 is 1.43 bits per heavy atom. The van der Waals surface area contributed by atoms with E-state index >= 15 is 0 Å². The zero-order valence-corrected chi connectivity index (χ0v) is 13.5. The van der Waals surface area contributed by atoms with E-state index in [0.29, 0.717) is 36.9 Å². The average Bonchev–Trinajstić information content (AvgIpc) is 2.52. The van der Waals surface area contributed by atoms with Crippen molar-refractivity contribution in [2.75, 3.05) is 30.5 Å². The Morgan fingerprint density at radius 2 is 2.22 bits per heavy atom. The Morgan fingerprint density at radius 3 is 2.96 bits per heavy atom. The summed E-state index contributed by atoms with van der Waals surface area (Å²) in [5.41, 5.74) is 1.10. The van der Waals surface area contributed by atoms with Crippen molar-refractivity contribution >= 4 is 23.2 Å². The van der Waals surface area contributed by atoms with Gasteiger partial charge in [-0.2, -0.15) is 0 Å². The maximum atomic E-state index is 12.1. The van der Waals surface area contributed by atoms with Gasteiger partial charge in [-0.25, -0.2) is 0 Å². The quantitative estimate of drug-likeness (QED) is 0.748. The van der Waals surface area contributed by atoms with E-state index in [1.54, 1.807) is 32.0 Å². The molecular formula is C16H22N2O5. The van der Waals surface area contributed by atoms with Crippen LogP contribution in [0.1, 0.15) is 20.8 Å². The molecule has 2 N–H and O–H groups in total. The van der Waals surface area contributed by atoms with Crippen LogP contribution in [0, 0.1) is 0 Å². The minimum absolute atomic E-state index is 0.214. The molecule has 0 aliphatic carbocycles. The van der Waals surface area contributed by atoms with E-state index in [9.17, 15) is 9.59 Å². The number of rotatable bonds is 7. The van der Waals surface area contributed by atoms with Crippen LogP contribution in [0.3, 0.4) is 0 Å². The number of benzene rings is 1. The Kier molecular flexibility index (Phi) is 5.95. The summed E-state index contributed by atoms with van der Waals surface area (Å²) in [6.45, 7) is 6.67. The second-order valence-electron chi connectivity index (χ2n) is 5.16. The second kappa shape index (κ2) is 7.94. The summed E-state index contributed by atoms with van der Waals surface area (Å²) < 4.78 is 16.0. The highest BCUT2D eigenvalue weighted by Crippen LogP contribution is 2.32. The van der Waals surface area contributed by atoms with Gasteiger partial charge in [0, 0.05) is 12.3 Å². The van der Waals surface area contributed by atoms with E-state index in [1.807, 2.05) is 6.92 Å². The highest BCUT2D eigenvalue weighted by Gasteiger charge is 2.24. The van der Waals surface area contributed by atoms with Gasteiger partial charge in [0.15, 0.2) is 6.10 Å². The van der Waals surface area contributed by atoms with Crippen LogP contribution in [0.5, 0.6) is 5.75 Å². The molecule has 2 amide bonds. The van der Waals surface area contributed by atoms with Crippen molar-refractivity contribution in [1.82, 2.24) is 0 Å². The fourth-order valence-corrected chi connectivity index (χ4v) is 2.03. The van der Waals surface area contributed by atoms with Gasteiger partial charge in [0.25, 0.3) is 11.8 Å². The van der Waals surface area contributed by atoms with Crippen LogP contribution in [0.2, 0.25) is 0 Å². The summed E-state index contributed by atoms with van der Waals surface area (Å²) in [7, 11) is 0. The topological polar surface area (TPSA) is 85.9 Å². The molecule has 0 saturated heterocycles. The zero-order chi connectivity index (χ0) is 16.8. The van der Waals surface area contributed by atoms with Crippen LogP contribution in [0.25, 0.3) is 0 Å². The Balaban J connectivity index is 1.91. The fourth-order valence-electron chi connectivity index (χ4n) is 2.03. The maximum absolute atomic E-state index is 12.1. The molecule has 0 aromatic heterocycles. The van der Waals surface area contributed by atoms with E-state index in [1.165, 1.54) is 0 Å². The third-order valence-corrected chi connectivity index (χ3v) is 3.35. The van der Waals surface area contributed by atoms with Crippen molar-refractivity contribution in [2.45, 2.75) is 33.0 Å². The molecule has 1 aliphatic heterocycles. The van der Waals surface area contributed by atoms with Gasteiger partial charge in [-0.15, -0.1) is 0 Å². The monoisotopic (exact) mass is 322 g/mol. The van der Waals surface area contributed by atoms with E-state index in [2.05, 4.69) is 10.6 Å². The second-order valence-corrected chi connectivity index (χ2v) is 5.16. The largest absolute Gasteiger partial charge is 0.479 e. The Hall–Kier alpha value is -2.12. The number of carbonyl (C=O) groups is 2. The molecule has 2 atom stereocenters. The highest BCUT2D eigenvalue weighted by atomic mass is 16.5. The molecule has 23 heavy (non-hydrogen) atoms. The van der Waals surface area contributed by atoms with Crippen LogP contribution in [-0.2, 0) is 19.1 Å². The van der Waals surface area contributed by atoms with Gasteiger partial charge in [-0.05, 0) is 39.0 Å². The van der Waals surface area contributed by atoms with Gasteiger partial charge >= 0.3 is 0 Å². The summed E-state index contributed by atoms with van der Waals surface area (Å²) >= 11 is 0. The van der Waals surface area contributed by atoms with Gasteiger partial charge < -0.3 is 24.8 Å². The maximum Gasteiger partial charge on any atom is 0.265 e. The van der Waals surface area contributed by atoms with E-state index in [4.69, 9.17) is 14.2 Å². The number of ether oxygens (including phenoxy) is 3. The number of nitrogens with one attached hydrogen (secondary N) is 2. The number of hydrogen-bond donors (Lipinski definition) is 2. The van der Waals surface area contributed by atoms with Gasteiger partial charge in [-0.1, -0.05) is 0 Å². The van der Waals surface area contributed by atoms with Gasteiger partial charge in [0.1, 0.15) is 11.9 Å². The van der Waals surface area contributed by atoms with Gasteiger partial charge in [0.05, 0.1) is 18.9 Å². The number of hydrogen-bond acceptors (Lipinski definition) is 5. The lowest BCUT2D eigenvalue weighted by molar-refractivity contribution is -0.127. The number of fused-ring (bicyclic) bond motifs is 1. The van der Waals surface area contributed by atoms with Crippen molar-refractivity contribution in [1.29, 1.82) is 0 Å². The molecule has 1 aromatic rings. The van der Waals surface area contributed by atoms with Gasteiger partial charge in [-0.3, -0.25) is 9.59 Å². The molecule has 0 fully saturated rings. The molecule has 7 nitrogen and oxygen atoms in total. The van der Waals surface area contributed by atoms with Gasteiger partial charge in [0.2, 0.25) is 0 Å². The molecule has 1 aliphatic rings. The van der Waals surface area contributed by atoms with Crippen molar-refractivity contribution < 1.29 is 23.8 Å². The smallest absolute Gasteiger partial charge is 0.265 e. The minimum atomic E-state index is -0.600. The van der Waals surface area contributed by atoms with Crippen LogP contribution in [0.15, 0.2) is 18.2 Å². The number of amides is 2. The summed E-state index contributed by atoms with van der Waals surface area (Å²) in [4.78, 5) is 23.7. The first-order chi connectivity index (χ1) is 11.0. The van der Waals surface area contributed by atoms with Crippen LogP contribution in [0.4, 0.5) is 11.4 Å². The standard InChI is InChI=1S/C16H22N2O5/c1-4-21-7-8-22-10(2)15(19)17-12-5-6-14-13(9-12)18-16(20)11(3)23-14/h5-6,9-11H,4,7-8H2,1-3H3,(H,17,19)(H,18,20)/t10-,11-/m1/s1. The lowest BCUT2D eigenvalue weighted by Gasteiger charge is -2.24. The molecular weight excluding hydrogens is 300 g/mol. The SMILES string of the molecule is CCOCCO[C@H](C)C(=O)Nc1ccc2c(c1)NC(=O)[C@@H](C)O2. The molecule has 7 heteroatoms. The molecule has 126 valence electrons. The minimum Gasteiger partial charge on any atom is -0.479 e. The molecule has 2 rings (SSSR count). The first-order valence-corrected chi connectivity index (χ1v) is 7.63. The normalized spacial score (nSPS) is 17.7. The average molecular weight is 322 g/mol. The van der Waals surface area contributed by atoms with Crippen LogP contribution in [-0.4, -0.2) is 43.8 Å². The molecule has 0 unspecified atom stereocenters. The number of carbonyl (C=O) groups excluding carboxylic acids is 2. The fraction of sp³-hybridized carbons (Fsp3) is 0.500. The third kappa shape index (κ3) is 4.67. The molecule has 0 radical (unpaired) electrons. The predicted molar refractivity (Wildman–Crippen MR) is 85.7 cm³/mol. The van der Waals surface area contributed by atoms with Crippen molar-refractivity contribution in [3.8, 4) is 5.75 Å². The Labute approximate surface area is 135 Å². The molecule has 1 heterocycles. The first kappa shape index (κ1) is 17.2. The van der Waals surface area contributed by atoms with E-state index in [-0.39, 0.29) is 11.8 Å². The van der Waals surface area contributed by atoms with Crippen molar-refractivity contribution in [3.05, 3.63) is 18.2 Å². The van der Waals surface area contributed by atoms with Crippen molar-refractivity contribution in [3.63, 3.8) is 0 Å². The van der Waals surface area contributed by atoms with Crippen LogP contribution < -0.4 is 15.4 Å². The molecule has 0 bridgehead atoms. The summed E-state index contributed by atoms with van der Waals surface area (Å²) in [6.07, 6.45) is -1.13. The van der Waals surface area contributed by atoms with E-state index < -0.39 is 12.2 Å². The summed E-state index contributed by atoms with van der Waals surface area (Å²) in [6, 6.07) is 5.08. The first-order valence-electron chi connectivity index (χ1n) is 7.63. The predicted octanol–water partition coefficient (Wildman–Crippen LogP) is 1.79. The van der Waals surface area contributed by atoms with Crippen LogP contribution >= 0.6 is 0 Å². The lowest BCUT2D eigenvalue weighted by Crippen LogP contribution is -2.34. The summed E-state index contributed by atoms with van der Waals surface area (Å²) in [5.74, 6) is 0.0996. The molecule has 1 aromatic carbocycles. The zero-order valence-electron chi connectivity index (χ0n) is 13.5. The lowest BCUT2D eigenvalue weighted by atomic mass is 10.2. The van der Waals surface area contributed by atoms with Crippen molar-refractivity contribution in [2.24, 2.45) is 0 Å². The molecule has 0 spiro atoms. The molecule has 0 saturated carbocycles. The van der Waals surface area contributed by atoms with E-state index in [0.717, 1.165) is 0 Å². The number of anilines is 2.